The highest BCUT2D eigenvalue weighted by molar-refractivity contribution is 9.10. The molecule has 15 heavy (non-hydrogen) atoms. The molecule has 82 valence electrons. The molecule has 0 heterocycles. The molecule has 0 aliphatic rings. The Labute approximate surface area is 93.4 Å². The van der Waals surface area contributed by atoms with Crippen LogP contribution in [0.25, 0.3) is 0 Å². The molecule has 1 aromatic carbocycles. The monoisotopic (exact) mass is 280 g/mol. The van der Waals surface area contributed by atoms with Crippen LogP contribution in [0.2, 0.25) is 0 Å². The summed E-state index contributed by atoms with van der Waals surface area (Å²) in [5, 5.41) is 0. The summed E-state index contributed by atoms with van der Waals surface area (Å²) in [4.78, 5) is 10.2. The summed E-state index contributed by atoms with van der Waals surface area (Å²) in [6, 6.07) is 1.15. The Balaban J connectivity index is 3.25. The summed E-state index contributed by atoms with van der Waals surface area (Å²) in [6.07, 6.45) is 0.674. The zero-order valence-corrected chi connectivity index (χ0v) is 9.45. The minimum absolute atomic E-state index is 0.00660. The predicted octanol–water partition coefficient (Wildman–Crippen LogP) is 3.56. The minimum atomic E-state index is -1.52. The highest BCUT2D eigenvalue weighted by Gasteiger charge is 2.20. The Morgan fingerprint density at radius 1 is 1.33 bits per heavy atom. The number of rotatable bonds is 3. The van der Waals surface area contributed by atoms with Crippen molar-refractivity contribution in [2.24, 2.45) is 0 Å². The predicted molar refractivity (Wildman–Crippen MR) is 53.1 cm³/mol. The van der Waals surface area contributed by atoms with Crippen LogP contribution >= 0.6 is 15.9 Å². The van der Waals surface area contributed by atoms with E-state index in [4.69, 9.17) is 0 Å². The van der Waals surface area contributed by atoms with Gasteiger partial charge in [-0.2, -0.15) is 0 Å². The Kier molecular flexibility index (Phi) is 3.90. The topological polar surface area (TPSA) is 17.1 Å². The molecule has 0 saturated carbocycles. The first-order valence-electron chi connectivity index (χ1n) is 4.25. The van der Waals surface area contributed by atoms with Crippen LogP contribution in [0.4, 0.5) is 13.2 Å². The van der Waals surface area contributed by atoms with Crippen molar-refractivity contribution in [3.05, 3.63) is 33.6 Å². The molecule has 0 bridgehead atoms. The highest BCUT2D eigenvalue weighted by atomic mass is 79.9. The normalized spacial score (nSPS) is 12.6. The molecule has 0 saturated heterocycles. The van der Waals surface area contributed by atoms with Gasteiger partial charge in [-0.3, -0.25) is 0 Å². The van der Waals surface area contributed by atoms with E-state index in [0.717, 1.165) is 6.07 Å². The van der Waals surface area contributed by atoms with Crippen molar-refractivity contribution in [2.75, 3.05) is 0 Å². The number of benzene rings is 1. The first-order valence-corrected chi connectivity index (χ1v) is 5.04. The summed E-state index contributed by atoms with van der Waals surface area (Å²) < 4.78 is 39.0. The number of hydrogen-bond acceptors (Lipinski definition) is 1. The summed E-state index contributed by atoms with van der Waals surface area (Å²) in [5.74, 6) is -4.48. The van der Waals surface area contributed by atoms with Crippen molar-refractivity contribution < 1.29 is 18.0 Å². The average Bonchev–Trinajstić information content (AvgIpc) is 2.20. The Hall–Kier alpha value is -0.840. The maximum absolute atomic E-state index is 13.3. The fourth-order valence-corrected chi connectivity index (χ4v) is 1.64. The number of aldehydes is 1. The van der Waals surface area contributed by atoms with Crippen molar-refractivity contribution >= 4 is 22.2 Å². The van der Waals surface area contributed by atoms with Crippen LogP contribution in [0.1, 0.15) is 24.8 Å². The van der Waals surface area contributed by atoms with E-state index in [0.29, 0.717) is 6.29 Å². The summed E-state index contributed by atoms with van der Waals surface area (Å²) in [6.45, 7) is 1.57. The lowest BCUT2D eigenvalue weighted by Crippen LogP contribution is -2.03. The molecular weight excluding hydrogens is 273 g/mol. The second-order valence-electron chi connectivity index (χ2n) is 3.19. The van der Waals surface area contributed by atoms with Gasteiger partial charge < -0.3 is 4.79 Å². The zero-order chi connectivity index (χ0) is 11.6. The Bertz CT molecular complexity index is 393. The number of hydrogen-bond donors (Lipinski definition) is 0. The average molecular weight is 281 g/mol. The van der Waals surface area contributed by atoms with E-state index in [2.05, 4.69) is 15.9 Å². The van der Waals surface area contributed by atoms with Gasteiger partial charge in [-0.25, -0.2) is 13.2 Å². The molecule has 0 N–H and O–H groups in total. The number of carbonyl (C=O) groups excluding carboxylic acids is 1. The van der Waals surface area contributed by atoms with Crippen molar-refractivity contribution in [2.45, 2.75) is 19.3 Å². The molecule has 0 amide bonds. The van der Waals surface area contributed by atoms with E-state index in [1.165, 1.54) is 0 Å². The molecule has 1 aromatic rings. The molecular formula is C10H8BrF3O. The molecule has 1 unspecified atom stereocenters. The van der Waals surface area contributed by atoms with Crippen LogP contribution in [-0.2, 0) is 4.79 Å². The van der Waals surface area contributed by atoms with Crippen LogP contribution in [0.5, 0.6) is 0 Å². The molecule has 0 fully saturated rings. The third-order valence-corrected chi connectivity index (χ3v) is 2.69. The number of carbonyl (C=O) groups is 1. The van der Waals surface area contributed by atoms with Crippen LogP contribution in [0.3, 0.4) is 0 Å². The van der Waals surface area contributed by atoms with Crippen LogP contribution in [-0.4, -0.2) is 6.29 Å². The quantitative estimate of drug-likeness (QED) is 0.470. The molecule has 1 rings (SSSR count). The zero-order valence-electron chi connectivity index (χ0n) is 7.86. The van der Waals surface area contributed by atoms with Gasteiger partial charge in [-0.05, 0) is 33.5 Å². The van der Waals surface area contributed by atoms with Gasteiger partial charge in [0.2, 0.25) is 0 Å². The standard InChI is InChI=1S/C10H8BrF3O/c1-5(2-3-15)6-4-7(11)9(13)10(14)8(6)12/h3-5H,2H2,1H3. The largest absolute Gasteiger partial charge is 0.303 e. The van der Waals surface area contributed by atoms with Crippen LogP contribution < -0.4 is 0 Å². The first kappa shape index (κ1) is 12.2. The lowest BCUT2D eigenvalue weighted by atomic mass is 9.98. The first-order chi connectivity index (χ1) is 6.99. The Morgan fingerprint density at radius 2 is 1.93 bits per heavy atom. The van der Waals surface area contributed by atoms with Gasteiger partial charge in [0.15, 0.2) is 17.5 Å². The second kappa shape index (κ2) is 4.79. The Morgan fingerprint density at radius 3 is 2.47 bits per heavy atom. The van der Waals surface area contributed by atoms with Crippen molar-refractivity contribution in [1.82, 2.24) is 0 Å². The van der Waals surface area contributed by atoms with Crippen molar-refractivity contribution in [3.8, 4) is 0 Å². The van der Waals surface area contributed by atoms with Crippen molar-refractivity contribution in [3.63, 3.8) is 0 Å². The lowest BCUT2D eigenvalue weighted by molar-refractivity contribution is -0.108. The van der Waals surface area contributed by atoms with Crippen LogP contribution in [0.15, 0.2) is 10.5 Å². The lowest BCUT2D eigenvalue weighted by Gasteiger charge is -2.11. The fourth-order valence-electron chi connectivity index (χ4n) is 1.22. The van der Waals surface area contributed by atoms with E-state index in [9.17, 15) is 18.0 Å². The molecule has 1 atom stereocenters. The van der Waals surface area contributed by atoms with Gasteiger partial charge in [0, 0.05) is 6.42 Å². The van der Waals surface area contributed by atoms with E-state index in [1.54, 1.807) is 6.92 Å². The summed E-state index contributed by atoms with van der Waals surface area (Å²) in [5.41, 5.74) is -0.00660. The second-order valence-corrected chi connectivity index (χ2v) is 4.05. The van der Waals surface area contributed by atoms with E-state index in [1.807, 2.05) is 0 Å². The van der Waals surface area contributed by atoms with E-state index < -0.39 is 23.4 Å². The minimum Gasteiger partial charge on any atom is -0.303 e. The van der Waals surface area contributed by atoms with Gasteiger partial charge in [0.1, 0.15) is 6.29 Å². The van der Waals surface area contributed by atoms with Gasteiger partial charge in [-0.15, -0.1) is 0 Å². The van der Waals surface area contributed by atoms with Gasteiger partial charge in [0.25, 0.3) is 0 Å². The van der Waals surface area contributed by atoms with Gasteiger partial charge in [0.05, 0.1) is 4.47 Å². The third-order valence-electron chi connectivity index (χ3n) is 2.11. The van der Waals surface area contributed by atoms with Gasteiger partial charge >= 0.3 is 0 Å². The van der Waals surface area contributed by atoms with Crippen LogP contribution in [0, 0.1) is 17.5 Å². The molecule has 0 aliphatic carbocycles. The molecule has 0 radical (unpaired) electrons. The van der Waals surface area contributed by atoms with E-state index >= 15 is 0 Å². The third kappa shape index (κ3) is 2.40. The SMILES string of the molecule is CC(CC=O)c1cc(Br)c(F)c(F)c1F. The summed E-state index contributed by atoms with van der Waals surface area (Å²) in [7, 11) is 0. The molecule has 1 nitrogen and oxygen atoms in total. The number of halogens is 4. The molecule has 0 aliphatic heterocycles. The maximum atomic E-state index is 13.3. The van der Waals surface area contributed by atoms with E-state index in [-0.39, 0.29) is 16.5 Å². The molecule has 0 spiro atoms. The van der Waals surface area contributed by atoms with Crippen molar-refractivity contribution in [1.29, 1.82) is 0 Å². The summed E-state index contributed by atoms with van der Waals surface area (Å²) >= 11 is 2.78. The maximum Gasteiger partial charge on any atom is 0.195 e. The smallest absolute Gasteiger partial charge is 0.195 e. The molecule has 0 aromatic heterocycles. The fraction of sp³-hybridized carbons (Fsp3) is 0.300. The highest BCUT2D eigenvalue weighted by Crippen LogP contribution is 2.29. The molecule has 5 heteroatoms. The van der Waals surface area contributed by atoms with Gasteiger partial charge in [-0.1, -0.05) is 6.92 Å².